The van der Waals surface area contributed by atoms with Crippen LogP contribution in [0.3, 0.4) is 0 Å². The van der Waals surface area contributed by atoms with E-state index in [1.165, 1.54) is 0 Å². The molecule has 116 valence electrons. The normalized spacial score (nSPS) is 10.3. The van der Waals surface area contributed by atoms with Gasteiger partial charge in [0.15, 0.2) is 0 Å². The van der Waals surface area contributed by atoms with E-state index in [1.54, 1.807) is 23.1 Å². The van der Waals surface area contributed by atoms with Gasteiger partial charge in [0.1, 0.15) is 11.0 Å². The molecule has 1 amide bonds. The quantitative estimate of drug-likeness (QED) is 0.828. The standard InChI is InChI=1S/C15H18ClN5O/c1-3-21(4-2)14(22)10-5-7-11(8-6-10)18-13-9-12(16)19-15(17)20-13/h5-9H,3-4H2,1-2H3,(H3,17,18,19,20). The Kier molecular flexibility index (Phi) is 5.16. The van der Waals surface area contributed by atoms with Crippen molar-refractivity contribution in [3.8, 4) is 0 Å². The van der Waals surface area contributed by atoms with Crippen molar-refractivity contribution in [3.63, 3.8) is 0 Å². The van der Waals surface area contributed by atoms with Gasteiger partial charge in [-0.25, -0.2) is 4.98 Å². The third-order valence-electron chi connectivity index (χ3n) is 3.17. The van der Waals surface area contributed by atoms with Crippen LogP contribution < -0.4 is 11.1 Å². The summed E-state index contributed by atoms with van der Waals surface area (Å²) in [6.45, 7) is 5.29. The molecule has 1 aromatic carbocycles. The molecule has 0 spiro atoms. The average molecular weight is 320 g/mol. The van der Waals surface area contributed by atoms with Crippen LogP contribution in [0.5, 0.6) is 0 Å². The number of benzene rings is 1. The van der Waals surface area contributed by atoms with Gasteiger partial charge >= 0.3 is 0 Å². The minimum atomic E-state index is 0.0193. The fourth-order valence-corrected chi connectivity index (χ4v) is 2.23. The van der Waals surface area contributed by atoms with E-state index in [0.29, 0.717) is 24.5 Å². The van der Waals surface area contributed by atoms with Gasteiger partial charge in [0.2, 0.25) is 5.95 Å². The second-order valence-electron chi connectivity index (χ2n) is 4.61. The Labute approximate surface area is 134 Å². The van der Waals surface area contributed by atoms with E-state index >= 15 is 0 Å². The molecule has 1 aromatic heterocycles. The van der Waals surface area contributed by atoms with Crippen LogP contribution in [0.4, 0.5) is 17.5 Å². The molecule has 22 heavy (non-hydrogen) atoms. The molecule has 0 fully saturated rings. The average Bonchev–Trinajstić information content (AvgIpc) is 2.48. The Morgan fingerprint density at radius 3 is 2.41 bits per heavy atom. The smallest absolute Gasteiger partial charge is 0.253 e. The van der Waals surface area contributed by atoms with Gasteiger partial charge in [0.05, 0.1) is 0 Å². The molecule has 6 nitrogen and oxygen atoms in total. The topological polar surface area (TPSA) is 84.1 Å². The zero-order valence-electron chi connectivity index (χ0n) is 12.5. The lowest BCUT2D eigenvalue weighted by Gasteiger charge is -2.18. The number of rotatable bonds is 5. The number of nitrogens with one attached hydrogen (secondary N) is 1. The number of aromatic nitrogens is 2. The maximum Gasteiger partial charge on any atom is 0.253 e. The molecule has 0 saturated carbocycles. The van der Waals surface area contributed by atoms with Gasteiger partial charge in [-0.1, -0.05) is 11.6 Å². The Morgan fingerprint density at radius 1 is 1.23 bits per heavy atom. The summed E-state index contributed by atoms with van der Waals surface area (Å²) in [6.07, 6.45) is 0. The molecule has 2 rings (SSSR count). The molecule has 0 aliphatic heterocycles. The van der Waals surface area contributed by atoms with Crippen LogP contribution >= 0.6 is 11.6 Å². The second kappa shape index (κ2) is 7.09. The number of amides is 1. The summed E-state index contributed by atoms with van der Waals surface area (Å²) >= 11 is 5.83. The van der Waals surface area contributed by atoms with Gasteiger partial charge in [0.25, 0.3) is 5.91 Å². The van der Waals surface area contributed by atoms with Crippen molar-refractivity contribution in [2.75, 3.05) is 24.1 Å². The summed E-state index contributed by atoms with van der Waals surface area (Å²) in [5, 5.41) is 3.34. The second-order valence-corrected chi connectivity index (χ2v) is 5.00. The fraction of sp³-hybridized carbons (Fsp3) is 0.267. The van der Waals surface area contributed by atoms with Crippen LogP contribution in [0.25, 0.3) is 0 Å². The van der Waals surface area contributed by atoms with E-state index < -0.39 is 0 Å². The molecule has 0 radical (unpaired) electrons. The van der Waals surface area contributed by atoms with Gasteiger partial charge in [-0.05, 0) is 38.1 Å². The van der Waals surface area contributed by atoms with E-state index in [-0.39, 0.29) is 17.0 Å². The SMILES string of the molecule is CCN(CC)C(=O)c1ccc(Nc2cc(Cl)nc(N)n2)cc1. The summed E-state index contributed by atoms with van der Waals surface area (Å²) in [6, 6.07) is 8.74. The minimum absolute atomic E-state index is 0.0193. The highest BCUT2D eigenvalue weighted by molar-refractivity contribution is 6.29. The van der Waals surface area contributed by atoms with E-state index in [4.69, 9.17) is 17.3 Å². The van der Waals surface area contributed by atoms with Crippen LogP contribution in [-0.2, 0) is 0 Å². The molecule has 0 unspecified atom stereocenters. The van der Waals surface area contributed by atoms with Crippen molar-refractivity contribution in [1.82, 2.24) is 14.9 Å². The molecule has 2 aromatic rings. The zero-order chi connectivity index (χ0) is 16.1. The Bertz CT molecular complexity index is 635. The molecule has 3 N–H and O–H groups in total. The van der Waals surface area contributed by atoms with Crippen molar-refractivity contribution < 1.29 is 4.79 Å². The highest BCUT2D eigenvalue weighted by Gasteiger charge is 2.12. The number of nitrogen functional groups attached to an aromatic ring is 1. The number of halogens is 1. The van der Waals surface area contributed by atoms with Gasteiger partial charge in [-0.15, -0.1) is 0 Å². The van der Waals surface area contributed by atoms with E-state index in [0.717, 1.165) is 5.69 Å². The fourth-order valence-electron chi connectivity index (χ4n) is 2.04. The summed E-state index contributed by atoms with van der Waals surface area (Å²) in [7, 11) is 0. The van der Waals surface area contributed by atoms with Gasteiger partial charge < -0.3 is 16.0 Å². The molecule has 1 heterocycles. The van der Waals surface area contributed by atoms with Crippen LogP contribution in [0, 0.1) is 0 Å². The first-order valence-corrected chi connectivity index (χ1v) is 7.37. The van der Waals surface area contributed by atoms with Crippen molar-refractivity contribution in [2.45, 2.75) is 13.8 Å². The van der Waals surface area contributed by atoms with Gasteiger partial charge in [0, 0.05) is 30.4 Å². The lowest BCUT2D eigenvalue weighted by atomic mass is 10.2. The highest BCUT2D eigenvalue weighted by atomic mass is 35.5. The lowest BCUT2D eigenvalue weighted by Crippen LogP contribution is -2.30. The van der Waals surface area contributed by atoms with Gasteiger partial charge in [-0.3, -0.25) is 4.79 Å². The Morgan fingerprint density at radius 2 is 1.86 bits per heavy atom. The highest BCUT2D eigenvalue weighted by Crippen LogP contribution is 2.19. The van der Waals surface area contributed by atoms with Crippen LogP contribution in [0.1, 0.15) is 24.2 Å². The number of hydrogen-bond acceptors (Lipinski definition) is 5. The number of carbonyl (C=O) groups is 1. The molecule has 0 aliphatic rings. The molecule has 0 atom stereocenters. The van der Waals surface area contributed by atoms with Crippen LogP contribution in [0.2, 0.25) is 5.15 Å². The van der Waals surface area contributed by atoms with Crippen molar-refractivity contribution in [1.29, 1.82) is 0 Å². The summed E-state index contributed by atoms with van der Waals surface area (Å²) < 4.78 is 0. The van der Waals surface area contributed by atoms with Crippen LogP contribution in [0.15, 0.2) is 30.3 Å². The third kappa shape index (κ3) is 3.85. The predicted octanol–water partition coefficient (Wildman–Crippen LogP) is 2.94. The maximum atomic E-state index is 12.2. The third-order valence-corrected chi connectivity index (χ3v) is 3.36. The monoisotopic (exact) mass is 319 g/mol. The minimum Gasteiger partial charge on any atom is -0.368 e. The molecular weight excluding hydrogens is 302 g/mol. The summed E-state index contributed by atoms with van der Waals surface area (Å²) in [5.41, 5.74) is 6.97. The van der Waals surface area contributed by atoms with Crippen molar-refractivity contribution >= 4 is 35.0 Å². The Hall–Kier alpha value is -2.34. The van der Waals surface area contributed by atoms with E-state index in [9.17, 15) is 4.79 Å². The maximum absolute atomic E-state index is 12.2. The van der Waals surface area contributed by atoms with Gasteiger partial charge in [-0.2, -0.15) is 4.98 Å². The predicted molar refractivity (Wildman–Crippen MR) is 88.4 cm³/mol. The number of nitrogens with zero attached hydrogens (tertiary/aromatic N) is 3. The van der Waals surface area contributed by atoms with E-state index in [1.807, 2.05) is 26.0 Å². The van der Waals surface area contributed by atoms with E-state index in [2.05, 4.69) is 15.3 Å². The first kappa shape index (κ1) is 16.0. The first-order chi connectivity index (χ1) is 10.5. The lowest BCUT2D eigenvalue weighted by molar-refractivity contribution is 0.0773. The number of hydrogen-bond donors (Lipinski definition) is 2. The Balaban J connectivity index is 2.13. The zero-order valence-corrected chi connectivity index (χ0v) is 13.3. The molecule has 7 heteroatoms. The van der Waals surface area contributed by atoms with Crippen LogP contribution in [-0.4, -0.2) is 33.9 Å². The number of anilines is 3. The largest absolute Gasteiger partial charge is 0.368 e. The molecule has 0 bridgehead atoms. The summed E-state index contributed by atoms with van der Waals surface area (Å²) in [4.78, 5) is 21.8. The molecular formula is C15H18ClN5O. The number of nitrogens with two attached hydrogens (primary N) is 1. The molecule has 0 aliphatic carbocycles. The van der Waals surface area contributed by atoms with Crippen molar-refractivity contribution in [2.24, 2.45) is 0 Å². The molecule has 0 saturated heterocycles. The summed E-state index contributed by atoms with van der Waals surface area (Å²) in [5.74, 6) is 0.620. The first-order valence-electron chi connectivity index (χ1n) is 7.00. The number of carbonyl (C=O) groups excluding carboxylic acids is 1. The van der Waals surface area contributed by atoms with Crippen molar-refractivity contribution in [3.05, 3.63) is 41.0 Å².